The highest BCUT2D eigenvalue weighted by molar-refractivity contribution is 7.14. The van der Waals surface area contributed by atoms with Gasteiger partial charge in [-0.25, -0.2) is 9.78 Å². The number of rotatable bonds is 4. The highest BCUT2D eigenvalue weighted by Gasteiger charge is 2.19. The molecule has 1 aromatic carbocycles. The molecule has 25 heavy (non-hydrogen) atoms. The first-order valence-corrected chi connectivity index (χ1v) is 8.29. The summed E-state index contributed by atoms with van der Waals surface area (Å²) in [6.07, 6.45) is 1.34. The number of nitriles is 1. The van der Waals surface area contributed by atoms with Crippen LogP contribution >= 0.6 is 11.3 Å². The second kappa shape index (κ2) is 7.73. The minimum atomic E-state index is -0.727. The molecule has 2 aromatic rings. The first kappa shape index (κ1) is 18.4. The number of methoxy groups -OCH3 is 1. The number of carbonyl (C=O) groups excluding carboxylic acids is 2. The lowest BCUT2D eigenvalue weighted by Gasteiger charge is -2.19. The average Bonchev–Trinajstić information content (AvgIpc) is 3.03. The Bertz CT molecular complexity index is 893. The molecule has 0 N–H and O–H groups in total. The van der Waals surface area contributed by atoms with Gasteiger partial charge in [-0.3, -0.25) is 9.69 Å². The first-order chi connectivity index (χ1) is 11.9. The van der Waals surface area contributed by atoms with Gasteiger partial charge in [0.15, 0.2) is 5.13 Å². The van der Waals surface area contributed by atoms with E-state index in [-0.39, 0.29) is 11.5 Å². The highest BCUT2D eigenvalue weighted by Crippen LogP contribution is 2.30. The van der Waals surface area contributed by atoms with Gasteiger partial charge in [0.2, 0.25) is 5.91 Å². The third-order valence-corrected chi connectivity index (χ3v) is 4.43. The van der Waals surface area contributed by atoms with Gasteiger partial charge in [-0.05, 0) is 43.2 Å². The zero-order valence-corrected chi connectivity index (χ0v) is 15.2. The smallest absolute Gasteiger partial charge is 0.348 e. The van der Waals surface area contributed by atoms with E-state index in [9.17, 15) is 9.59 Å². The second-order valence-electron chi connectivity index (χ2n) is 5.34. The van der Waals surface area contributed by atoms with Gasteiger partial charge in [-0.2, -0.15) is 5.26 Å². The Kier molecular flexibility index (Phi) is 5.67. The van der Waals surface area contributed by atoms with Crippen molar-refractivity contribution in [1.82, 2.24) is 4.98 Å². The summed E-state index contributed by atoms with van der Waals surface area (Å²) in [5.74, 6) is -0.906. The van der Waals surface area contributed by atoms with E-state index in [1.165, 1.54) is 36.3 Å². The number of carbonyl (C=O) groups is 2. The maximum absolute atomic E-state index is 12.1. The van der Waals surface area contributed by atoms with Gasteiger partial charge in [0.05, 0.1) is 18.5 Å². The van der Waals surface area contributed by atoms with Gasteiger partial charge in [0.25, 0.3) is 0 Å². The van der Waals surface area contributed by atoms with Crippen LogP contribution in [0.4, 0.5) is 10.8 Å². The monoisotopic (exact) mass is 355 g/mol. The van der Waals surface area contributed by atoms with Crippen molar-refractivity contribution in [2.45, 2.75) is 20.8 Å². The molecule has 6 nitrogen and oxygen atoms in total. The molecule has 1 heterocycles. The van der Waals surface area contributed by atoms with Crippen LogP contribution in [0.2, 0.25) is 0 Å². The van der Waals surface area contributed by atoms with Crippen LogP contribution in [0.5, 0.6) is 0 Å². The highest BCUT2D eigenvalue weighted by atomic mass is 32.1. The maximum atomic E-state index is 12.1. The minimum Gasteiger partial charge on any atom is -0.465 e. The molecular formula is C18H17N3O3S. The third-order valence-electron chi connectivity index (χ3n) is 3.58. The van der Waals surface area contributed by atoms with E-state index in [0.717, 1.165) is 11.1 Å². The van der Waals surface area contributed by atoms with E-state index in [4.69, 9.17) is 5.26 Å². The van der Waals surface area contributed by atoms with Crippen LogP contribution in [0, 0.1) is 25.2 Å². The van der Waals surface area contributed by atoms with Crippen LogP contribution in [0.1, 0.15) is 23.7 Å². The minimum absolute atomic E-state index is 0.153. The van der Waals surface area contributed by atoms with Crippen LogP contribution in [-0.2, 0) is 14.3 Å². The normalized spacial score (nSPS) is 10.9. The van der Waals surface area contributed by atoms with E-state index < -0.39 is 5.97 Å². The van der Waals surface area contributed by atoms with Crippen molar-refractivity contribution in [3.63, 3.8) is 0 Å². The molecule has 0 saturated carbocycles. The molecule has 0 fully saturated rings. The van der Waals surface area contributed by atoms with Gasteiger partial charge in [-0.1, -0.05) is 6.07 Å². The van der Waals surface area contributed by atoms with Crippen LogP contribution in [0.25, 0.3) is 6.08 Å². The van der Waals surface area contributed by atoms with Crippen LogP contribution in [0.3, 0.4) is 0 Å². The summed E-state index contributed by atoms with van der Waals surface area (Å²) < 4.78 is 4.54. The van der Waals surface area contributed by atoms with Gasteiger partial charge >= 0.3 is 5.97 Å². The summed E-state index contributed by atoms with van der Waals surface area (Å²) in [6.45, 7) is 5.43. The van der Waals surface area contributed by atoms with Crippen LogP contribution < -0.4 is 4.90 Å². The van der Waals surface area contributed by atoms with Crippen molar-refractivity contribution in [1.29, 1.82) is 5.26 Å². The maximum Gasteiger partial charge on any atom is 0.348 e. The third kappa shape index (κ3) is 4.11. The Balaban J connectivity index is 2.42. The zero-order chi connectivity index (χ0) is 18.6. The molecule has 0 bridgehead atoms. The molecule has 128 valence electrons. The number of hydrogen-bond acceptors (Lipinski definition) is 6. The number of nitrogens with zero attached hydrogens (tertiary/aromatic N) is 3. The standard InChI is InChI=1S/C18H17N3O3S/c1-11-5-6-16(7-12(11)2)21(13(3)22)18-20-15(10-25-18)8-14(9-19)17(23)24-4/h5-8,10H,1-4H3/b14-8+. The van der Waals surface area contributed by atoms with Gasteiger partial charge < -0.3 is 4.74 Å². The lowest BCUT2D eigenvalue weighted by atomic mass is 10.1. The number of hydrogen-bond donors (Lipinski definition) is 0. The second-order valence-corrected chi connectivity index (χ2v) is 6.18. The van der Waals surface area contributed by atoms with Crippen molar-refractivity contribution in [3.8, 4) is 6.07 Å². The molecule has 1 amide bonds. The number of thiazole rings is 1. The van der Waals surface area contributed by atoms with Crippen LogP contribution in [0.15, 0.2) is 29.2 Å². The number of amides is 1. The fraction of sp³-hybridized carbons (Fsp3) is 0.222. The summed E-state index contributed by atoms with van der Waals surface area (Å²) in [7, 11) is 1.21. The topological polar surface area (TPSA) is 83.3 Å². The molecule has 1 aromatic heterocycles. The SMILES string of the molecule is COC(=O)/C(C#N)=C/c1csc(N(C(C)=O)c2ccc(C)c(C)c2)n1. The molecule has 0 aliphatic rings. The Hall–Kier alpha value is -2.98. The van der Waals surface area contributed by atoms with Crippen molar-refractivity contribution in [2.75, 3.05) is 12.0 Å². The molecule has 0 saturated heterocycles. The number of anilines is 2. The molecule has 0 aliphatic heterocycles. The Morgan fingerprint density at radius 2 is 2.04 bits per heavy atom. The van der Waals surface area contributed by atoms with Gasteiger partial charge in [-0.15, -0.1) is 11.3 Å². The molecule has 0 aliphatic carbocycles. The molecule has 0 radical (unpaired) electrons. The predicted octanol–water partition coefficient (Wildman–Crippen LogP) is 3.52. The largest absolute Gasteiger partial charge is 0.465 e. The van der Waals surface area contributed by atoms with E-state index in [1.54, 1.807) is 11.4 Å². The molecule has 0 unspecified atom stereocenters. The van der Waals surface area contributed by atoms with Crippen molar-refractivity contribution in [2.24, 2.45) is 0 Å². The summed E-state index contributed by atoms with van der Waals surface area (Å²) in [6, 6.07) is 7.50. The summed E-state index contributed by atoms with van der Waals surface area (Å²) in [5.41, 5.74) is 3.18. The summed E-state index contributed by atoms with van der Waals surface area (Å²) in [4.78, 5) is 29.5. The lowest BCUT2D eigenvalue weighted by molar-refractivity contribution is -0.135. The van der Waals surface area contributed by atoms with Gasteiger partial charge in [0.1, 0.15) is 11.6 Å². The van der Waals surface area contributed by atoms with E-state index in [1.807, 2.05) is 32.0 Å². The number of esters is 1. The molecule has 0 atom stereocenters. The zero-order valence-electron chi connectivity index (χ0n) is 14.4. The fourth-order valence-electron chi connectivity index (χ4n) is 2.13. The Morgan fingerprint density at radius 1 is 1.32 bits per heavy atom. The van der Waals surface area contributed by atoms with E-state index in [2.05, 4.69) is 9.72 Å². The van der Waals surface area contributed by atoms with Crippen molar-refractivity contribution in [3.05, 3.63) is 46.0 Å². The molecule has 0 spiro atoms. The summed E-state index contributed by atoms with van der Waals surface area (Å²) in [5, 5.41) is 11.2. The molecule has 7 heteroatoms. The number of benzene rings is 1. The Labute approximate surface area is 150 Å². The average molecular weight is 355 g/mol. The van der Waals surface area contributed by atoms with E-state index in [0.29, 0.717) is 16.5 Å². The predicted molar refractivity (Wildman–Crippen MR) is 96.5 cm³/mol. The van der Waals surface area contributed by atoms with Crippen molar-refractivity contribution >= 4 is 40.1 Å². The quantitative estimate of drug-likeness (QED) is 0.476. The number of aryl methyl sites for hydroxylation is 2. The Morgan fingerprint density at radius 3 is 2.60 bits per heavy atom. The molecular weight excluding hydrogens is 338 g/mol. The number of aromatic nitrogens is 1. The van der Waals surface area contributed by atoms with Crippen molar-refractivity contribution < 1.29 is 14.3 Å². The van der Waals surface area contributed by atoms with Gasteiger partial charge in [0, 0.05) is 12.3 Å². The number of ether oxygens (including phenoxy) is 1. The van der Waals surface area contributed by atoms with Crippen LogP contribution in [-0.4, -0.2) is 24.0 Å². The van der Waals surface area contributed by atoms with E-state index >= 15 is 0 Å². The molecule has 2 rings (SSSR count). The summed E-state index contributed by atoms with van der Waals surface area (Å²) >= 11 is 1.25. The first-order valence-electron chi connectivity index (χ1n) is 7.41. The lowest BCUT2D eigenvalue weighted by Crippen LogP contribution is -2.22. The fourth-order valence-corrected chi connectivity index (χ4v) is 2.98.